The topological polar surface area (TPSA) is 119 Å². The summed E-state index contributed by atoms with van der Waals surface area (Å²) in [5.41, 5.74) is 7.21. The maximum Gasteiger partial charge on any atom is 0.407 e. The van der Waals surface area contributed by atoms with E-state index in [1.807, 2.05) is 17.0 Å². The Hall–Kier alpha value is -2.39. The molecule has 0 fully saturated rings. The van der Waals surface area contributed by atoms with Crippen molar-refractivity contribution >= 4 is 12.2 Å². The van der Waals surface area contributed by atoms with Crippen LogP contribution in [0.4, 0.5) is 9.59 Å². The van der Waals surface area contributed by atoms with Crippen molar-refractivity contribution in [3.05, 3.63) is 30.1 Å². The molecule has 30 heavy (non-hydrogen) atoms. The summed E-state index contributed by atoms with van der Waals surface area (Å²) in [4.78, 5) is 29.5. The van der Waals surface area contributed by atoms with Gasteiger partial charge in [-0.15, -0.1) is 0 Å². The van der Waals surface area contributed by atoms with E-state index in [0.29, 0.717) is 32.7 Å². The molecule has 9 heteroatoms. The van der Waals surface area contributed by atoms with Crippen LogP contribution in [0.2, 0.25) is 0 Å². The highest BCUT2D eigenvalue weighted by Crippen LogP contribution is 2.10. The number of rotatable bonds is 15. The molecule has 1 aromatic heterocycles. The first-order valence-electron chi connectivity index (χ1n) is 10.8. The number of ether oxygens (including phenoxy) is 2. The van der Waals surface area contributed by atoms with Crippen molar-refractivity contribution in [3.63, 3.8) is 0 Å². The standard InChI is InChI=1S/C21H37N5O4/c1-3-5-10-24-20(27)29-14-12-26(13-15-30-21(28)25-11-6-4-2)17-19(22)18-8-7-9-23-16-18/h7-9,16,19H,3-6,10-15,17,22H2,1-2H3,(H,24,27)(H,25,28). The Labute approximate surface area is 179 Å². The lowest BCUT2D eigenvalue weighted by molar-refractivity contribution is 0.104. The fraction of sp³-hybridized carbons (Fsp3) is 0.667. The molecule has 1 rings (SSSR count). The summed E-state index contributed by atoms with van der Waals surface area (Å²) in [6.45, 7) is 7.25. The van der Waals surface area contributed by atoms with Crippen LogP contribution in [0.5, 0.6) is 0 Å². The Morgan fingerprint density at radius 3 is 2.10 bits per heavy atom. The third kappa shape index (κ3) is 12.2. The van der Waals surface area contributed by atoms with Gasteiger partial charge in [-0.25, -0.2) is 9.59 Å². The molecule has 1 aromatic rings. The van der Waals surface area contributed by atoms with Gasteiger partial charge in [0.25, 0.3) is 0 Å². The molecule has 0 saturated carbocycles. The average Bonchev–Trinajstić information content (AvgIpc) is 2.74. The molecule has 1 atom stereocenters. The number of unbranched alkanes of at least 4 members (excludes halogenated alkanes) is 2. The van der Waals surface area contributed by atoms with E-state index in [1.165, 1.54) is 0 Å². The summed E-state index contributed by atoms with van der Waals surface area (Å²) in [6.07, 6.45) is 6.43. The number of aromatic nitrogens is 1. The molecule has 1 unspecified atom stereocenters. The van der Waals surface area contributed by atoms with Gasteiger partial charge in [0.2, 0.25) is 0 Å². The number of hydrogen-bond donors (Lipinski definition) is 3. The lowest BCUT2D eigenvalue weighted by Gasteiger charge is -2.25. The number of nitrogens with zero attached hydrogens (tertiary/aromatic N) is 2. The Bertz CT molecular complexity index is 560. The van der Waals surface area contributed by atoms with Crippen LogP contribution in [0.15, 0.2) is 24.5 Å². The monoisotopic (exact) mass is 423 g/mol. The first-order valence-corrected chi connectivity index (χ1v) is 10.8. The number of hydrogen-bond acceptors (Lipinski definition) is 7. The Morgan fingerprint density at radius 1 is 1.07 bits per heavy atom. The molecule has 2 amide bonds. The van der Waals surface area contributed by atoms with Gasteiger partial charge in [0.1, 0.15) is 13.2 Å². The average molecular weight is 424 g/mol. The van der Waals surface area contributed by atoms with Crippen molar-refractivity contribution in [2.75, 3.05) is 45.9 Å². The maximum absolute atomic E-state index is 11.7. The van der Waals surface area contributed by atoms with E-state index < -0.39 is 12.2 Å². The summed E-state index contributed by atoms with van der Waals surface area (Å²) < 4.78 is 10.5. The van der Waals surface area contributed by atoms with Crippen LogP contribution in [-0.2, 0) is 9.47 Å². The van der Waals surface area contributed by atoms with Gasteiger partial charge in [-0.1, -0.05) is 32.8 Å². The number of nitrogens with two attached hydrogens (primary N) is 1. The zero-order chi connectivity index (χ0) is 22.0. The summed E-state index contributed by atoms with van der Waals surface area (Å²) in [5.74, 6) is 0. The highest BCUT2D eigenvalue weighted by atomic mass is 16.6. The molecule has 0 aliphatic carbocycles. The van der Waals surface area contributed by atoms with E-state index >= 15 is 0 Å². The van der Waals surface area contributed by atoms with Crippen LogP contribution in [0.25, 0.3) is 0 Å². The van der Waals surface area contributed by atoms with Crippen LogP contribution in [0.1, 0.15) is 51.1 Å². The van der Waals surface area contributed by atoms with E-state index in [2.05, 4.69) is 29.5 Å². The van der Waals surface area contributed by atoms with Crippen molar-refractivity contribution in [2.45, 2.75) is 45.6 Å². The molecule has 0 bridgehead atoms. The summed E-state index contributed by atoms with van der Waals surface area (Å²) in [6, 6.07) is 3.51. The van der Waals surface area contributed by atoms with Crippen LogP contribution in [0, 0.1) is 0 Å². The Balaban J connectivity index is 2.45. The van der Waals surface area contributed by atoms with E-state index in [-0.39, 0.29) is 19.3 Å². The van der Waals surface area contributed by atoms with Gasteiger partial charge in [0, 0.05) is 51.2 Å². The van der Waals surface area contributed by atoms with E-state index in [0.717, 1.165) is 31.2 Å². The third-order valence-corrected chi connectivity index (χ3v) is 4.45. The summed E-state index contributed by atoms with van der Waals surface area (Å²) >= 11 is 0. The smallest absolute Gasteiger partial charge is 0.407 e. The van der Waals surface area contributed by atoms with Crippen molar-refractivity contribution < 1.29 is 19.1 Å². The second-order valence-electron chi connectivity index (χ2n) is 7.03. The normalized spacial score (nSPS) is 11.7. The van der Waals surface area contributed by atoms with Gasteiger partial charge in [-0.05, 0) is 24.5 Å². The second-order valence-corrected chi connectivity index (χ2v) is 7.03. The highest BCUT2D eigenvalue weighted by molar-refractivity contribution is 5.67. The first-order chi connectivity index (χ1) is 14.6. The van der Waals surface area contributed by atoms with Crippen LogP contribution < -0.4 is 16.4 Å². The molecule has 0 aromatic carbocycles. The third-order valence-electron chi connectivity index (χ3n) is 4.45. The molecule has 170 valence electrons. The van der Waals surface area contributed by atoms with Gasteiger partial charge in [0.15, 0.2) is 0 Å². The quantitative estimate of drug-likeness (QED) is 0.371. The summed E-state index contributed by atoms with van der Waals surface area (Å²) in [5, 5.41) is 5.43. The number of carbonyl (C=O) groups is 2. The van der Waals surface area contributed by atoms with Gasteiger partial charge >= 0.3 is 12.2 Å². The largest absolute Gasteiger partial charge is 0.448 e. The van der Waals surface area contributed by atoms with Gasteiger partial charge in [0.05, 0.1) is 0 Å². The number of alkyl carbamates (subject to hydrolysis) is 2. The molecule has 0 saturated heterocycles. The SMILES string of the molecule is CCCCNC(=O)OCCN(CCOC(=O)NCCCC)CC(N)c1cccnc1. The molecule has 0 aliphatic rings. The fourth-order valence-corrected chi connectivity index (χ4v) is 2.64. The molecule has 0 spiro atoms. The molecule has 0 aliphatic heterocycles. The minimum Gasteiger partial charge on any atom is -0.448 e. The van der Waals surface area contributed by atoms with E-state index in [1.54, 1.807) is 12.4 Å². The Morgan fingerprint density at radius 2 is 1.63 bits per heavy atom. The number of amides is 2. The predicted octanol–water partition coefficient (Wildman–Crippen LogP) is 2.44. The molecule has 0 radical (unpaired) electrons. The molecule has 4 N–H and O–H groups in total. The first kappa shape index (κ1) is 25.6. The maximum atomic E-state index is 11.7. The molecular formula is C21H37N5O4. The van der Waals surface area contributed by atoms with Gasteiger partial charge < -0.3 is 25.8 Å². The van der Waals surface area contributed by atoms with E-state index in [4.69, 9.17) is 15.2 Å². The Kier molecular flexibility index (Phi) is 14.0. The molecule has 9 nitrogen and oxygen atoms in total. The van der Waals surface area contributed by atoms with Crippen LogP contribution >= 0.6 is 0 Å². The van der Waals surface area contributed by atoms with Crippen molar-refractivity contribution in [2.24, 2.45) is 5.73 Å². The predicted molar refractivity (Wildman–Crippen MR) is 116 cm³/mol. The second kappa shape index (κ2) is 16.4. The number of pyridine rings is 1. The minimum absolute atomic E-state index is 0.223. The number of nitrogens with one attached hydrogen (secondary N) is 2. The van der Waals surface area contributed by atoms with Crippen LogP contribution in [-0.4, -0.2) is 68.0 Å². The molecule has 1 heterocycles. The minimum atomic E-state index is -0.425. The van der Waals surface area contributed by atoms with E-state index in [9.17, 15) is 9.59 Å². The van der Waals surface area contributed by atoms with Crippen molar-refractivity contribution in [1.82, 2.24) is 20.5 Å². The fourth-order valence-electron chi connectivity index (χ4n) is 2.64. The lowest BCUT2D eigenvalue weighted by atomic mass is 10.1. The molecular weight excluding hydrogens is 386 g/mol. The van der Waals surface area contributed by atoms with Gasteiger partial charge in [-0.2, -0.15) is 0 Å². The van der Waals surface area contributed by atoms with Crippen molar-refractivity contribution in [3.8, 4) is 0 Å². The highest BCUT2D eigenvalue weighted by Gasteiger charge is 2.14. The zero-order valence-electron chi connectivity index (χ0n) is 18.3. The summed E-state index contributed by atoms with van der Waals surface area (Å²) in [7, 11) is 0. The number of carbonyl (C=O) groups excluding carboxylic acids is 2. The lowest BCUT2D eigenvalue weighted by Crippen LogP contribution is -2.39. The van der Waals surface area contributed by atoms with Gasteiger partial charge in [-0.3, -0.25) is 9.88 Å². The van der Waals surface area contributed by atoms with Crippen molar-refractivity contribution in [1.29, 1.82) is 0 Å². The van der Waals surface area contributed by atoms with Crippen LogP contribution in [0.3, 0.4) is 0 Å². The zero-order valence-corrected chi connectivity index (χ0v) is 18.3.